The Kier molecular flexibility index (Phi) is 3.47. The van der Waals surface area contributed by atoms with E-state index in [1.54, 1.807) is 6.20 Å². The maximum absolute atomic E-state index is 5.98. The fourth-order valence-corrected chi connectivity index (χ4v) is 2.89. The number of pyridine rings is 1. The van der Waals surface area contributed by atoms with Crippen LogP contribution in [0.5, 0.6) is 0 Å². The van der Waals surface area contributed by atoms with Gasteiger partial charge in [0.2, 0.25) is 0 Å². The number of hydrogen-bond acceptors (Lipinski definition) is 3. The van der Waals surface area contributed by atoms with Crippen molar-refractivity contribution in [3.05, 3.63) is 45.8 Å². The zero-order chi connectivity index (χ0) is 15.1. The Morgan fingerprint density at radius 2 is 2.05 bits per heavy atom. The lowest BCUT2D eigenvalue weighted by atomic mass is 10.1. The van der Waals surface area contributed by atoms with Crippen molar-refractivity contribution in [3.63, 3.8) is 0 Å². The molecule has 0 saturated heterocycles. The summed E-state index contributed by atoms with van der Waals surface area (Å²) >= 11 is 11.4. The van der Waals surface area contributed by atoms with Gasteiger partial charge in [-0.15, -0.1) is 0 Å². The van der Waals surface area contributed by atoms with Crippen LogP contribution in [0.1, 0.15) is 5.56 Å². The Labute approximate surface area is 133 Å². The number of imidazole rings is 1. The number of H-pyrrole nitrogens is 1. The van der Waals surface area contributed by atoms with Gasteiger partial charge < -0.3 is 9.88 Å². The van der Waals surface area contributed by atoms with Crippen LogP contribution in [0, 0.1) is 11.7 Å². The van der Waals surface area contributed by atoms with E-state index < -0.39 is 0 Å². The van der Waals surface area contributed by atoms with Crippen LogP contribution in [0.3, 0.4) is 0 Å². The summed E-state index contributed by atoms with van der Waals surface area (Å²) in [6.45, 7) is 2.09. The van der Waals surface area contributed by atoms with Crippen molar-refractivity contribution in [3.8, 4) is 5.69 Å². The van der Waals surface area contributed by atoms with Crippen LogP contribution in [-0.2, 0) is 0 Å². The van der Waals surface area contributed by atoms with E-state index in [0.717, 1.165) is 22.5 Å². The molecule has 3 rings (SSSR count). The molecule has 0 aliphatic heterocycles. The van der Waals surface area contributed by atoms with E-state index in [2.05, 4.69) is 33.9 Å². The lowest BCUT2D eigenvalue weighted by Crippen LogP contribution is -2.11. The first-order chi connectivity index (χ1) is 9.97. The zero-order valence-corrected chi connectivity index (χ0v) is 13.6. The van der Waals surface area contributed by atoms with Crippen LogP contribution in [-0.4, -0.2) is 28.6 Å². The highest BCUT2D eigenvalue weighted by atomic mass is 35.5. The van der Waals surface area contributed by atoms with Crippen molar-refractivity contribution in [2.45, 2.75) is 6.92 Å². The van der Waals surface area contributed by atoms with Crippen LogP contribution in [0.15, 0.2) is 30.5 Å². The molecule has 0 unspecified atom stereocenters. The molecule has 2 aromatic heterocycles. The highest BCUT2D eigenvalue weighted by Crippen LogP contribution is 2.25. The van der Waals surface area contributed by atoms with Crippen molar-refractivity contribution in [2.24, 2.45) is 0 Å². The smallest absolute Gasteiger partial charge is 0.183 e. The molecular formula is C15H15ClN4S. The molecule has 0 saturated carbocycles. The third kappa shape index (κ3) is 2.43. The van der Waals surface area contributed by atoms with E-state index in [4.69, 9.17) is 23.8 Å². The fraction of sp³-hybridized carbons (Fsp3) is 0.200. The average Bonchev–Trinajstić information content (AvgIpc) is 2.74. The number of benzene rings is 1. The van der Waals surface area contributed by atoms with Crippen LogP contribution in [0.25, 0.3) is 16.9 Å². The Morgan fingerprint density at radius 3 is 2.76 bits per heavy atom. The molecule has 0 fully saturated rings. The third-order valence-electron chi connectivity index (χ3n) is 3.42. The molecule has 0 aliphatic rings. The van der Waals surface area contributed by atoms with Gasteiger partial charge in [-0.25, -0.2) is 4.98 Å². The van der Waals surface area contributed by atoms with E-state index >= 15 is 0 Å². The molecule has 1 N–H and O–H groups in total. The van der Waals surface area contributed by atoms with Crippen molar-refractivity contribution >= 4 is 40.7 Å². The molecule has 0 spiro atoms. The Morgan fingerprint density at radius 1 is 1.29 bits per heavy atom. The second kappa shape index (κ2) is 5.16. The highest BCUT2D eigenvalue weighted by molar-refractivity contribution is 7.71. The molecule has 108 valence electrons. The first-order valence-electron chi connectivity index (χ1n) is 6.52. The predicted octanol–water partition coefficient (Wildman–Crippen LogP) is 4.11. The molecule has 1 aromatic carbocycles. The maximum Gasteiger partial charge on any atom is 0.183 e. The topological polar surface area (TPSA) is 36.9 Å². The molecule has 3 aromatic rings. The number of hydrogen-bond donors (Lipinski definition) is 1. The Hall–Kier alpha value is -1.85. The number of rotatable bonds is 2. The second-order valence-corrected chi connectivity index (χ2v) is 5.98. The lowest BCUT2D eigenvalue weighted by Gasteiger charge is -2.17. The minimum Gasteiger partial charge on any atom is -0.377 e. The summed E-state index contributed by atoms with van der Waals surface area (Å²) in [5.74, 6) is 0. The quantitative estimate of drug-likeness (QED) is 0.722. The van der Waals surface area contributed by atoms with Crippen molar-refractivity contribution in [2.75, 3.05) is 19.0 Å². The minimum absolute atomic E-state index is 0.587. The number of aromatic amines is 1. The van der Waals surface area contributed by atoms with Gasteiger partial charge in [-0.2, -0.15) is 0 Å². The molecule has 4 nitrogen and oxygen atoms in total. The van der Waals surface area contributed by atoms with E-state index in [9.17, 15) is 0 Å². The van der Waals surface area contributed by atoms with Gasteiger partial charge in [-0.3, -0.25) is 4.57 Å². The van der Waals surface area contributed by atoms with Gasteiger partial charge in [0.25, 0.3) is 0 Å². The molecule has 0 radical (unpaired) electrons. The zero-order valence-electron chi connectivity index (χ0n) is 12.0. The summed E-state index contributed by atoms with van der Waals surface area (Å²) in [4.78, 5) is 9.63. The van der Waals surface area contributed by atoms with Gasteiger partial charge in [0.1, 0.15) is 0 Å². The summed E-state index contributed by atoms with van der Waals surface area (Å²) < 4.78 is 2.53. The van der Waals surface area contributed by atoms with Crippen LogP contribution < -0.4 is 4.90 Å². The lowest BCUT2D eigenvalue weighted by molar-refractivity contribution is 1.03. The standard InChI is InChI=1S/C15H15ClN4S/c1-9-4-5-11(7-13(9)19(2)3)20-14-12(18-15(20)21)6-10(16)8-17-14/h4-8H,1-3H3,(H,18,21). The molecule has 2 heterocycles. The van der Waals surface area contributed by atoms with E-state index in [1.165, 1.54) is 5.56 Å². The Bertz CT molecular complexity index is 879. The van der Waals surface area contributed by atoms with E-state index in [0.29, 0.717) is 9.79 Å². The number of aromatic nitrogens is 3. The number of halogens is 1. The molecule has 0 atom stereocenters. The third-order valence-corrected chi connectivity index (χ3v) is 3.91. The highest BCUT2D eigenvalue weighted by Gasteiger charge is 2.10. The molecule has 0 aliphatic carbocycles. The molecular weight excluding hydrogens is 304 g/mol. The molecule has 0 amide bonds. The normalized spacial score (nSPS) is 11.0. The van der Waals surface area contributed by atoms with Gasteiger partial charge in [0.05, 0.1) is 16.2 Å². The molecule has 6 heteroatoms. The minimum atomic E-state index is 0.587. The van der Waals surface area contributed by atoms with Gasteiger partial charge in [-0.1, -0.05) is 17.7 Å². The first-order valence-corrected chi connectivity index (χ1v) is 7.30. The van der Waals surface area contributed by atoms with Crippen LogP contribution >= 0.6 is 23.8 Å². The number of aryl methyl sites for hydroxylation is 1. The van der Waals surface area contributed by atoms with Gasteiger partial charge in [0.15, 0.2) is 10.4 Å². The molecule has 0 bridgehead atoms. The average molecular weight is 319 g/mol. The van der Waals surface area contributed by atoms with Crippen LogP contribution in [0.2, 0.25) is 5.02 Å². The van der Waals surface area contributed by atoms with Gasteiger partial charge in [-0.05, 0) is 42.9 Å². The summed E-state index contributed by atoms with van der Waals surface area (Å²) in [6.07, 6.45) is 1.63. The van der Waals surface area contributed by atoms with E-state index in [-0.39, 0.29) is 0 Å². The van der Waals surface area contributed by atoms with Crippen LogP contribution in [0.4, 0.5) is 5.69 Å². The maximum atomic E-state index is 5.98. The number of fused-ring (bicyclic) bond motifs is 1. The summed E-state index contributed by atoms with van der Waals surface area (Å²) in [6, 6.07) is 8.06. The van der Waals surface area contributed by atoms with Gasteiger partial charge in [0, 0.05) is 26.0 Å². The summed E-state index contributed by atoms with van der Waals surface area (Å²) in [5, 5.41) is 0.587. The molecule has 21 heavy (non-hydrogen) atoms. The van der Waals surface area contributed by atoms with E-state index in [1.807, 2.05) is 30.8 Å². The first kappa shape index (κ1) is 14.1. The number of nitrogens with zero attached hydrogens (tertiary/aromatic N) is 3. The van der Waals surface area contributed by atoms with Crippen molar-refractivity contribution < 1.29 is 0 Å². The fourth-order valence-electron chi connectivity index (χ4n) is 2.43. The van der Waals surface area contributed by atoms with Crippen molar-refractivity contribution in [1.82, 2.24) is 14.5 Å². The largest absolute Gasteiger partial charge is 0.377 e. The predicted molar refractivity (Wildman–Crippen MR) is 90.3 cm³/mol. The number of anilines is 1. The summed E-state index contributed by atoms with van der Waals surface area (Å²) in [5.41, 5.74) is 4.96. The van der Waals surface area contributed by atoms with Crippen molar-refractivity contribution in [1.29, 1.82) is 0 Å². The second-order valence-electron chi connectivity index (χ2n) is 5.16. The summed E-state index contributed by atoms with van der Waals surface area (Å²) in [7, 11) is 4.05. The number of nitrogens with one attached hydrogen (secondary N) is 1. The Balaban J connectivity index is 2.28. The monoisotopic (exact) mass is 318 g/mol. The SMILES string of the molecule is Cc1ccc(-n2c(=S)[nH]c3cc(Cl)cnc32)cc1N(C)C. The van der Waals surface area contributed by atoms with Gasteiger partial charge >= 0.3 is 0 Å².